The molecule has 0 spiro atoms. The maximum atomic E-state index is 12.2. The summed E-state index contributed by atoms with van der Waals surface area (Å²) in [6.07, 6.45) is 3.71. The van der Waals surface area contributed by atoms with Crippen molar-refractivity contribution in [3.8, 4) is 0 Å². The minimum Gasteiger partial charge on any atom is -0.347 e. The number of carbonyl (C=O) groups is 1. The first-order valence-corrected chi connectivity index (χ1v) is 6.04. The smallest absolute Gasteiger partial charge is 0.255 e. The molecule has 0 bridgehead atoms. The molecule has 0 atom stereocenters. The van der Waals surface area contributed by atoms with Crippen LogP contribution >= 0.6 is 0 Å². The summed E-state index contributed by atoms with van der Waals surface area (Å²) in [6.45, 7) is 5.89. The molecular formula is C12H20N4O. The highest BCUT2D eigenvalue weighted by molar-refractivity contribution is 5.95. The van der Waals surface area contributed by atoms with Crippen LogP contribution in [-0.2, 0) is 7.05 Å². The second-order valence-corrected chi connectivity index (χ2v) is 5.07. The van der Waals surface area contributed by atoms with E-state index in [9.17, 15) is 4.79 Å². The average Bonchev–Trinajstić information content (AvgIpc) is 2.58. The largest absolute Gasteiger partial charge is 0.347 e. The Hall–Kier alpha value is -1.36. The van der Waals surface area contributed by atoms with Gasteiger partial charge >= 0.3 is 0 Å². The molecule has 17 heavy (non-hydrogen) atoms. The molecule has 1 saturated heterocycles. The van der Waals surface area contributed by atoms with Gasteiger partial charge in [-0.15, -0.1) is 0 Å². The van der Waals surface area contributed by atoms with Crippen molar-refractivity contribution in [2.75, 3.05) is 13.1 Å². The van der Waals surface area contributed by atoms with Crippen LogP contribution in [0.3, 0.4) is 0 Å². The zero-order valence-electron chi connectivity index (χ0n) is 10.7. The fourth-order valence-corrected chi connectivity index (χ4v) is 2.27. The Morgan fingerprint density at radius 3 is 2.71 bits per heavy atom. The number of piperidine rings is 1. The van der Waals surface area contributed by atoms with Crippen molar-refractivity contribution in [1.29, 1.82) is 0 Å². The SMILES string of the molecule is Cc1nn(C)cc1C(=O)NC1(C)CCNCC1. The average molecular weight is 236 g/mol. The van der Waals surface area contributed by atoms with E-state index in [0.717, 1.165) is 31.6 Å². The van der Waals surface area contributed by atoms with E-state index in [4.69, 9.17) is 0 Å². The standard InChI is InChI=1S/C12H20N4O/c1-9-10(8-16(3)15-9)11(17)14-12(2)4-6-13-7-5-12/h8,13H,4-7H2,1-3H3,(H,14,17). The van der Waals surface area contributed by atoms with Crippen LogP contribution in [0, 0.1) is 6.92 Å². The van der Waals surface area contributed by atoms with E-state index >= 15 is 0 Å². The Labute approximate surface area is 102 Å². The molecule has 0 saturated carbocycles. The fourth-order valence-electron chi connectivity index (χ4n) is 2.27. The fraction of sp³-hybridized carbons (Fsp3) is 0.667. The molecule has 1 aromatic rings. The van der Waals surface area contributed by atoms with E-state index in [2.05, 4.69) is 22.7 Å². The highest BCUT2D eigenvalue weighted by Crippen LogP contribution is 2.18. The van der Waals surface area contributed by atoms with Gasteiger partial charge in [0, 0.05) is 18.8 Å². The molecule has 0 unspecified atom stereocenters. The maximum Gasteiger partial charge on any atom is 0.255 e. The topological polar surface area (TPSA) is 59.0 Å². The third-order valence-corrected chi connectivity index (χ3v) is 3.38. The zero-order valence-corrected chi connectivity index (χ0v) is 10.7. The molecule has 94 valence electrons. The molecule has 1 amide bonds. The maximum absolute atomic E-state index is 12.2. The number of amides is 1. The molecule has 1 fully saturated rings. The van der Waals surface area contributed by atoms with Gasteiger partial charge in [0.25, 0.3) is 5.91 Å². The molecular weight excluding hydrogens is 216 g/mol. The lowest BCUT2D eigenvalue weighted by Gasteiger charge is -2.34. The first-order chi connectivity index (χ1) is 8.00. The molecule has 0 radical (unpaired) electrons. The van der Waals surface area contributed by atoms with Gasteiger partial charge in [0.2, 0.25) is 0 Å². The first-order valence-electron chi connectivity index (χ1n) is 6.04. The van der Waals surface area contributed by atoms with Crippen molar-refractivity contribution in [3.05, 3.63) is 17.5 Å². The highest BCUT2D eigenvalue weighted by Gasteiger charge is 2.29. The minimum absolute atomic E-state index is 0.0139. The number of rotatable bonds is 2. The van der Waals surface area contributed by atoms with Crippen molar-refractivity contribution in [1.82, 2.24) is 20.4 Å². The molecule has 0 aliphatic carbocycles. The van der Waals surface area contributed by atoms with Gasteiger partial charge in [0.15, 0.2) is 0 Å². The van der Waals surface area contributed by atoms with E-state index < -0.39 is 0 Å². The number of nitrogens with zero attached hydrogens (tertiary/aromatic N) is 2. The molecule has 1 aromatic heterocycles. The molecule has 5 nitrogen and oxygen atoms in total. The number of hydrogen-bond donors (Lipinski definition) is 2. The number of nitrogens with one attached hydrogen (secondary N) is 2. The highest BCUT2D eigenvalue weighted by atomic mass is 16.1. The molecule has 1 aliphatic rings. The molecule has 2 N–H and O–H groups in total. The molecule has 2 rings (SSSR count). The van der Waals surface area contributed by atoms with E-state index in [-0.39, 0.29) is 11.4 Å². The molecule has 0 aromatic carbocycles. The summed E-state index contributed by atoms with van der Waals surface area (Å²) < 4.78 is 1.68. The summed E-state index contributed by atoms with van der Waals surface area (Å²) in [5.41, 5.74) is 1.36. The predicted octanol–water partition coefficient (Wildman–Crippen LogP) is 0.600. The minimum atomic E-state index is -0.0926. The van der Waals surface area contributed by atoms with Gasteiger partial charge in [-0.2, -0.15) is 5.10 Å². The lowest BCUT2D eigenvalue weighted by Crippen LogP contribution is -2.52. The summed E-state index contributed by atoms with van der Waals surface area (Å²) in [4.78, 5) is 12.2. The van der Waals surface area contributed by atoms with Crippen LogP contribution < -0.4 is 10.6 Å². The van der Waals surface area contributed by atoms with Gasteiger partial charge < -0.3 is 10.6 Å². The first kappa shape index (κ1) is 12.1. The Morgan fingerprint density at radius 1 is 1.53 bits per heavy atom. The Kier molecular flexibility index (Phi) is 3.19. The Morgan fingerprint density at radius 2 is 2.18 bits per heavy atom. The number of aryl methyl sites for hydroxylation is 2. The quantitative estimate of drug-likeness (QED) is 0.790. The number of hydrogen-bond acceptors (Lipinski definition) is 3. The third-order valence-electron chi connectivity index (χ3n) is 3.38. The van der Waals surface area contributed by atoms with Crippen LogP contribution in [0.5, 0.6) is 0 Å². The number of aromatic nitrogens is 2. The number of carbonyl (C=O) groups excluding carboxylic acids is 1. The molecule has 1 aliphatic heterocycles. The molecule has 5 heteroatoms. The monoisotopic (exact) mass is 236 g/mol. The van der Waals surface area contributed by atoms with Gasteiger partial charge in [-0.05, 0) is 39.8 Å². The Bertz CT molecular complexity index is 418. The lowest BCUT2D eigenvalue weighted by molar-refractivity contribution is 0.0887. The van der Waals surface area contributed by atoms with E-state index in [1.54, 1.807) is 10.9 Å². The van der Waals surface area contributed by atoms with Gasteiger partial charge in [-0.1, -0.05) is 0 Å². The van der Waals surface area contributed by atoms with Crippen LogP contribution in [0.4, 0.5) is 0 Å². The second-order valence-electron chi connectivity index (χ2n) is 5.07. The van der Waals surface area contributed by atoms with Crippen molar-refractivity contribution < 1.29 is 4.79 Å². The summed E-state index contributed by atoms with van der Waals surface area (Å²) in [5, 5.41) is 10.6. The summed E-state index contributed by atoms with van der Waals surface area (Å²) in [6, 6.07) is 0. The summed E-state index contributed by atoms with van der Waals surface area (Å²) >= 11 is 0. The second kappa shape index (κ2) is 4.49. The van der Waals surface area contributed by atoms with Crippen LogP contribution in [-0.4, -0.2) is 34.3 Å². The predicted molar refractivity (Wildman–Crippen MR) is 65.9 cm³/mol. The van der Waals surface area contributed by atoms with Crippen LogP contribution in [0.1, 0.15) is 35.8 Å². The van der Waals surface area contributed by atoms with Gasteiger partial charge in [0.1, 0.15) is 0 Å². The normalized spacial score (nSPS) is 19.0. The van der Waals surface area contributed by atoms with Gasteiger partial charge in [-0.25, -0.2) is 0 Å². The van der Waals surface area contributed by atoms with Gasteiger partial charge in [0.05, 0.1) is 11.3 Å². The zero-order chi connectivity index (χ0) is 12.5. The van der Waals surface area contributed by atoms with Crippen molar-refractivity contribution in [2.45, 2.75) is 32.2 Å². The summed E-state index contributed by atoms with van der Waals surface area (Å²) in [7, 11) is 1.83. The van der Waals surface area contributed by atoms with E-state index in [1.807, 2.05) is 14.0 Å². The van der Waals surface area contributed by atoms with Gasteiger partial charge in [-0.3, -0.25) is 9.48 Å². The van der Waals surface area contributed by atoms with Crippen LogP contribution in [0.2, 0.25) is 0 Å². The van der Waals surface area contributed by atoms with Crippen molar-refractivity contribution in [3.63, 3.8) is 0 Å². The van der Waals surface area contributed by atoms with Crippen LogP contribution in [0.15, 0.2) is 6.20 Å². The molecule has 2 heterocycles. The van der Waals surface area contributed by atoms with Crippen LogP contribution in [0.25, 0.3) is 0 Å². The third kappa shape index (κ3) is 2.66. The Balaban J connectivity index is 2.08. The summed E-state index contributed by atoms with van der Waals surface area (Å²) in [5.74, 6) is -0.0139. The van der Waals surface area contributed by atoms with E-state index in [1.165, 1.54) is 0 Å². The lowest BCUT2D eigenvalue weighted by atomic mass is 9.90. The van der Waals surface area contributed by atoms with Crippen molar-refractivity contribution in [2.24, 2.45) is 7.05 Å². The van der Waals surface area contributed by atoms with E-state index in [0.29, 0.717) is 5.56 Å². The van der Waals surface area contributed by atoms with Crippen molar-refractivity contribution >= 4 is 5.91 Å².